The molecule has 114 valence electrons. The third kappa shape index (κ3) is 2.47. The molecule has 1 aliphatic heterocycles. The number of hydrogen-bond donors (Lipinski definition) is 2. The van der Waals surface area contributed by atoms with E-state index in [-0.39, 0.29) is 0 Å². The molecule has 0 aromatic heterocycles. The molecule has 0 radical (unpaired) electrons. The molecule has 0 spiro atoms. The number of amidine groups is 1. The van der Waals surface area contributed by atoms with E-state index in [0.29, 0.717) is 11.8 Å². The number of fused-ring (bicyclic) bond motifs is 3. The fraction of sp³-hybridized carbons (Fsp3) is 0.353. The summed E-state index contributed by atoms with van der Waals surface area (Å²) in [5.41, 5.74) is 2.98. The first-order chi connectivity index (χ1) is 10.7. The van der Waals surface area contributed by atoms with Crippen LogP contribution in [0.2, 0.25) is 0 Å². The van der Waals surface area contributed by atoms with Crippen molar-refractivity contribution in [2.45, 2.75) is 30.0 Å². The zero-order valence-corrected chi connectivity index (χ0v) is 13.5. The van der Waals surface area contributed by atoms with Crippen LogP contribution in [0.3, 0.4) is 0 Å². The molecule has 22 heavy (non-hydrogen) atoms. The molecule has 5 heteroatoms. The second-order valence-electron chi connectivity index (χ2n) is 5.85. The Kier molecular flexibility index (Phi) is 3.73. The second-order valence-corrected chi connectivity index (χ2v) is 6.70. The maximum absolute atomic E-state index is 6.17. The van der Waals surface area contributed by atoms with Crippen molar-refractivity contribution in [2.24, 2.45) is 10.9 Å². The molecule has 2 N–H and O–H groups in total. The monoisotopic (exact) mass is 333 g/mol. The molecule has 4 rings (SSSR count). The lowest BCUT2D eigenvalue weighted by atomic mass is 9.70. The molecule has 1 heterocycles. The van der Waals surface area contributed by atoms with E-state index >= 15 is 0 Å². The molecular formula is C17H17Cl2N3. The van der Waals surface area contributed by atoms with Gasteiger partial charge in [-0.1, -0.05) is 59.6 Å². The van der Waals surface area contributed by atoms with Gasteiger partial charge in [0.2, 0.25) is 0 Å². The van der Waals surface area contributed by atoms with Gasteiger partial charge in [0.05, 0.1) is 0 Å². The number of nitrogens with zero attached hydrogens (tertiary/aromatic N) is 1. The summed E-state index contributed by atoms with van der Waals surface area (Å²) in [7, 11) is 0. The summed E-state index contributed by atoms with van der Waals surface area (Å²) >= 11 is 12.3. The molecule has 2 aliphatic carbocycles. The van der Waals surface area contributed by atoms with Crippen LogP contribution in [0.4, 0.5) is 0 Å². The lowest BCUT2D eigenvalue weighted by molar-refractivity contribution is 0.505. The van der Waals surface area contributed by atoms with Crippen molar-refractivity contribution in [1.29, 1.82) is 0 Å². The Morgan fingerprint density at radius 2 is 2.05 bits per heavy atom. The molecule has 0 bridgehead atoms. The molecule has 1 aromatic rings. The van der Waals surface area contributed by atoms with Gasteiger partial charge in [-0.25, -0.2) is 10.3 Å². The Morgan fingerprint density at radius 3 is 2.91 bits per heavy atom. The van der Waals surface area contributed by atoms with Crippen molar-refractivity contribution in [3.05, 3.63) is 53.1 Å². The minimum atomic E-state index is -0.497. The maximum Gasteiger partial charge on any atom is 0.180 e. The Hall–Kier alpha value is -1.29. The fourth-order valence-corrected chi connectivity index (χ4v) is 4.11. The molecule has 0 amide bonds. The maximum atomic E-state index is 6.17. The van der Waals surface area contributed by atoms with Crippen molar-refractivity contribution in [2.75, 3.05) is 0 Å². The Balaban J connectivity index is 1.82. The van der Waals surface area contributed by atoms with Gasteiger partial charge in [0.25, 0.3) is 0 Å². The van der Waals surface area contributed by atoms with E-state index in [1.807, 2.05) is 0 Å². The predicted molar refractivity (Wildman–Crippen MR) is 92.0 cm³/mol. The first kappa shape index (κ1) is 14.3. The van der Waals surface area contributed by atoms with Gasteiger partial charge in [-0.2, -0.15) is 0 Å². The number of halogens is 2. The molecule has 3 nitrogen and oxygen atoms in total. The lowest BCUT2D eigenvalue weighted by Crippen LogP contribution is -2.50. The van der Waals surface area contributed by atoms with Crippen LogP contribution >= 0.6 is 23.2 Å². The van der Waals surface area contributed by atoms with Gasteiger partial charge in [0.1, 0.15) is 5.84 Å². The zero-order valence-electron chi connectivity index (χ0n) is 12.0. The zero-order chi connectivity index (χ0) is 15.1. The summed E-state index contributed by atoms with van der Waals surface area (Å²) in [5.74, 6) is 1.64. The van der Waals surface area contributed by atoms with Gasteiger partial charge in [-0.15, -0.1) is 0 Å². The number of allylic oxidation sites excluding steroid dienone is 2. The summed E-state index contributed by atoms with van der Waals surface area (Å²) in [5, 5.41) is 6.12. The highest BCUT2D eigenvalue weighted by Gasteiger charge is 2.34. The number of benzene rings is 1. The Labute approximate surface area is 140 Å². The molecule has 0 saturated carbocycles. The fourth-order valence-electron chi connectivity index (χ4n) is 3.60. The van der Waals surface area contributed by atoms with Crippen LogP contribution in [-0.2, 0) is 0 Å². The van der Waals surface area contributed by atoms with E-state index < -0.39 is 11.2 Å². The third-order valence-corrected chi connectivity index (χ3v) is 5.01. The summed E-state index contributed by atoms with van der Waals surface area (Å²) in [4.78, 5) is 4.49. The summed E-state index contributed by atoms with van der Waals surface area (Å²) in [6.45, 7) is 0. The molecule has 4 atom stereocenters. The summed E-state index contributed by atoms with van der Waals surface area (Å²) < 4.78 is 0. The number of aliphatic imine (C=N–C) groups is 1. The lowest BCUT2D eigenvalue weighted by Gasteiger charge is -2.37. The standard InChI is InChI=1S/C17H17Cl2N3/c18-16-20-15(21-17(19)22-16)14-9-10-5-1-2-6-11(10)12-7-3-4-8-13(12)14/h1-2,4-6,8-9,12-13,16-17,22H,3,7H2,(H,20,21). The Morgan fingerprint density at radius 1 is 1.18 bits per heavy atom. The van der Waals surface area contributed by atoms with Crippen molar-refractivity contribution >= 4 is 35.1 Å². The summed E-state index contributed by atoms with van der Waals surface area (Å²) in [6.07, 6.45) is 9.07. The van der Waals surface area contributed by atoms with Crippen LogP contribution < -0.4 is 10.6 Å². The predicted octanol–water partition coefficient (Wildman–Crippen LogP) is 3.77. The van der Waals surface area contributed by atoms with Crippen molar-refractivity contribution in [1.82, 2.24) is 10.6 Å². The largest absolute Gasteiger partial charge is 0.342 e. The quantitative estimate of drug-likeness (QED) is 0.466. The number of rotatable bonds is 1. The summed E-state index contributed by atoms with van der Waals surface area (Å²) in [6, 6.07) is 8.61. The molecule has 1 aromatic carbocycles. The normalized spacial score (nSPS) is 33.2. The molecule has 3 aliphatic rings. The molecule has 0 saturated heterocycles. The number of nitrogens with one attached hydrogen (secondary N) is 2. The van der Waals surface area contributed by atoms with Crippen LogP contribution in [0.1, 0.15) is 29.9 Å². The van der Waals surface area contributed by atoms with Gasteiger partial charge in [0, 0.05) is 11.5 Å². The van der Waals surface area contributed by atoms with Gasteiger partial charge < -0.3 is 5.32 Å². The SMILES string of the molecule is ClC1N=C(C2=Cc3ccccc3C3CCC=CC23)NC(Cl)N1. The first-order valence-corrected chi connectivity index (χ1v) is 8.46. The molecule has 4 unspecified atom stereocenters. The Bertz CT molecular complexity index is 680. The van der Waals surface area contributed by atoms with E-state index in [4.69, 9.17) is 23.2 Å². The molecular weight excluding hydrogens is 317 g/mol. The van der Waals surface area contributed by atoms with Crippen LogP contribution in [0.25, 0.3) is 6.08 Å². The van der Waals surface area contributed by atoms with E-state index in [2.05, 4.69) is 58.1 Å². The van der Waals surface area contributed by atoms with Crippen LogP contribution in [0, 0.1) is 5.92 Å². The van der Waals surface area contributed by atoms with Crippen molar-refractivity contribution in [3.63, 3.8) is 0 Å². The van der Waals surface area contributed by atoms with Gasteiger partial charge >= 0.3 is 0 Å². The van der Waals surface area contributed by atoms with Crippen molar-refractivity contribution in [3.8, 4) is 0 Å². The van der Waals surface area contributed by atoms with Crippen molar-refractivity contribution < 1.29 is 0 Å². The highest BCUT2D eigenvalue weighted by molar-refractivity contribution is 6.25. The second kappa shape index (κ2) is 5.73. The number of hydrogen-bond acceptors (Lipinski definition) is 3. The smallest absolute Gasteiger partial charge is 0.180 e. The van der Waals surface area contributed by atoms with Crippen LogP contribution in [0.15, 0.2) is 47.0 Å². The minimum Gasteiger partial charge on any atom is -0.342 e. The van der Waals surface area contributed by atoms with E-state index in [0.717, 1.165) is 18.7 Å². The third-order valence-electron chi connectivity index (χ3n) is 4.55. The van der Waals surface area contributed by atoms with Crippen LogP contribution in [0.5, 0.6) is 0 Å². The average Bonchev–Trinajstić information content (AvgIpc) is 2.53. The van der Waals surface area contributed by atoms with Gasteiger partial charge in [-0.05, 0) is 36.0 Å². The van der Waals surface area contributed by atoms with E-state index in [9.17, 15) is 0 Å². The minimum absolute atomic E-state index is 0.334. The van der Waals surface area contributed by atoms with Gasteiger partial charge in [-0.3, -0.25) is 0 Å². The highest BCUT2D eigenvalue weighted by atomic mass is 35.5. The molecule has 0 fully saturated rings. The van der Waals surface area contributed by atoms with Crippen LogP contribution in [-0.4, -0.2) is 17.1 Å². The number of alkyl halides is 2. The van der Waals surface area contributed by atoms with Gasteiger partial charge in [0.15, 0.2) is 11.2 Å². The van der Waals surface area contributed by atoms with E-state index in [1.54, 1.807) is 0 Å². The average molecular weight is 334 g/mol. The first-order valence-electron chi connectivity index (χ1n) is 7.58. The highest BCUT2D eigenvalue weighted by Crippen LogP contribution is 2.44. The topological polar surface area (TPSA) is 36.4 Å². The van der Waals surface area contributed by atoms with E-state index in [1.165, 1.54) is 16.7 Å².